The second kappa shape index (κ2) is 8.25. The highest BCUT2D eigenvalue weighted by Gasteiger charge is 2.37. The summed E-state index contributed by atoms with van der Waals surface area (Å²) in [5, 5.41) is 2.69. The van der Waals surface area contributed by atoms with Gasteiger partial charge >= 0.3 is 5.97 Å². The molecule has 1 aliphatic heterocycles. The van der Waals surface area contributed by atoms with E-state index in [0.29, 0.717) is 5.69 Å². The summed E-state index contributed by atoms with van der Waals surface area (Å²) in [5.41, 5.74) is 4.49. The van der Waals surface area contributed by atoms with Crippen molar-refractivity contribution in [3.63, 3.8) is 0 Å². The van der Waals surface area contributed by atoms with Crippen LogP contribution in [0.5, 0.6) is 0 Å². The molecule has 0 bridgehead atoms. The maximum atomic E-state index is 12.4. The molecule has 0 aliphatic carbocycles. The molecule has 6 heteroatoms. The van der Waals surface area contributed by atoms with Gasteiger partial charge in [0, 0.05) is 24.3 Å². The Kier molecular flexibility index (Phi) is 5.78. The number of hydrogen-bond donors (Lipinski definition) is 1. The van der Waals surface area contributed by atoms with Crippen molar-refractivity contribution in [2.24, 2.45) is 5.92 Å². The molecular formula is C22H24N2O4. The van der Waals surface area contributed by atoms with Gasteiger partial charge in [-0.1, -0.05) is 30.3 Å². The van der Waals surface area contributed by atoms with Gasteiger partial charge in [0.25, 0.3) is 5.91 Å². The molecule has 1 atom stereocenters. The van der Waals surface area contributed by atoms with E-state index in [-0.39, 0.29) is 25.5 Å². The van der Waals surface area contributed by atoms with Crippen molar-refractivity contribution < 1.29 is 19.1 Å². The average molecular weight is 380 g/mol. The number of amides is 2. The Labute approximate surface area is 164 Å². The predicted octanol–water partition coefficient (Wildman–Crippen LogP) is 3.15. The fourth-order valence-corrected chi connectivity index (χ4v) is 3.49. The summed E-state index contributed by atoms with van der Waals surface area (Å²) in [7, 11) is 0. The van der Waals surface area contributed by atoms with E-state index < -0.39 is 17.8 Å². The van der Waals surface area contributed by atoms with Crippen molar-refractivity contribution >= 4 is 29.2 Å². The molecule has 2 aromatic rings. The minimum absolute atomic E-state index is 0.0894. The SMILES string of the molecule is Cc1cccc(NC(=O)COC(=O)[C@H]2CC(=O)N(c3c(C)cccc3C)C2)c1. The molecule has 3 rings (SSSR count). The first-order valence-corrected chi connectivity index (χ1v) is 9.25. The lowest BCUT2D eigenvalue weighted by Crippen LogP contribution is -2.29. The number of benzene rings is 2. The van der Waals surface area contributed by atoms with Gasteiger partial charge in [-0.3, -0.25) is 14.4 Å². The zero-order valence-electron chi connectivity index (χ0n) is 16.3. The molecule has 28 heavy (non-hydrogen) atoms. The number of esters is 1. The van der Waals surface area contributed by atoms with Crippen molar-refractivity contribution in [1.29, 1.82) is 0 Å². The van der Waals surface area contributed by atoms with Gasteiger partial charge in [-0.2, -0.15) is 0 Å². The number of carbonyl (C=O) groups excluding carboxylic acids is 3. The molecule has 0 spiro atoms. The van der Waals surface area contributed by atoms with Gasteiger partial charge in [0.1, 0.15) is 0 Å². The molecule has 0 unspecified atom stereocenters. The van der Waals surface area contributed by atoms with Crippen LogP contribution in [0.4, 0.5) is 11.4 Å². The van der Waals surface area contributed by atoms with Crippen molar-refractivity contribution in [1.82, 2.24) is 0 Å². The Bertz CT molecular complexity index is 902. The summed E-state index contributed by atoms with van der Waals surface area (Å²) in [4.78, 5) is 38.5. The number of carbonyl (C=O) groups is 3. The van der Waals surface area contributed by atoms with Crippen molar-refractivity contribution in [3.05, 3.63) is 59.2 Å². The van der Waals surface area contributed by atoms with Gasteiger partial charge in [-0.15, -0.1) is 0 Å². The molecule has 0 saturated carbocycles. The van der Waals surface area contributed by atoms with Crippen LogP contribution in [0, 0.1) is 26.7 Å². The maximum Gasteiger partial charge on any atom is 0.311 e. The molecule has 1 heterocycles. The van der Waals surface area contributed by atoms with E-state index in [0.717, 1.165) is 22.4 Å². The van der Waals surface area contributed by atoms with E-state index in [1.54, 1.807) is 11.0 Å². The standard InChI is InChI=1S/C22H24N2O4/c1-14-6-4-9-18(10-14)23-19(25)13-28-22(27)17-11-20(26)24(12-17)21-15(2)7-5-8-16(21)3/h4-10,17H,11-13H2,1-3H3,(H,23,25)/t17-/m0/s1. The largest absolute Gasteiger partial charge is 0.455 e. The molecule has 1 N–H and O–H groups in total. The highest BCUT2D eigenvalue weighted by molar-refractivity contribution is 6.01. The van der Waals surface area contributed by atoms with E-state index in [1.165, 1.54) is 0 Å². The Balaban J connectivity index is 1.57. The first kappa shape index (κ1) is 19.6. The third-order valence-electron chi connectivity index (χ3n) is 4.82. The summed E-state index contributed by atoms with van der Waals surface area (Å²) in [6.45, 7) is 5.70. The van der Waals surface area contributed by atoms with Gasteiger partial charge in [-0.25, -0.2) is 0 Å². The fraction of sp³-hybridized carbons (Fsp3) is 0.318. The van der Waals surface area contributed by atoms with Gasteiger partial charge in [-0.05, 0) is 49.6 Å². The molecule has 0 aromatic heterocycles. The highest BCUT2D eigenvalue weighted by Crippen LogP contribution is 2.31. The Hall–Kier alpha value is -3.15. The van der Waals surface area contributed by atoms with Crippen LogP contribution in [0.1, 0.15) is 23.1 Å². The van der Waals surface area contributed by atoms with E-state index in [9.17, 15) is 14.4 Å². The van der Waals surface area contributed by atoms with Crippen LogP contribution in [-0.4, -0.2) is 30.9 Å². The first-order valence-electron chi connectivity index (χ1n) is 9.25. The fourth-order valence-electron chi connectivity index (χ4n) is 3.49. The van der Waals surface area contributed by atoms with Gasteiger partial charge < -0.3 is 15.0 Å². The number of hydrogen-bond acceptors (Lipinski definition) is 4. The zero-order chi connectivity index (χ0) is 20.3. The van der Waals surface area contributed by atoms with E-state index in [2.05, 4.69) is 5.32 Å². The normalized spacial score (nSPS) is 16.2. The molecule has 1 aliphatic rings. The molecule has 1 fully saturated rings. The molecule has 146 valence electrons. The molecule has 2 amide bonds. The number of rotatable bonds is 5. The number of anilines is 2. The molecule has 2 aromatic carbocycles. The Morgan fingerprint density at radius 1 is 1.11 bits per heavy atom. The van der Waals surface area contributed by atoms with Crippen molar-refractivity contribution in [2.75, 3.05) is 23.4 Å². The average Bonchev–Trinajstić information content (AvgIpc) is 3.01. The van der Waals surface area contributed by atoms with Crippen LogP contribution in [0.2, 0.25) is 0 Å². The molecule has 1 saturated heterocycles. The molecular weight excluding hydrogens is 356 g/mol. The quantitative estimate of drug-likeness (QED) is 0.809. The minimum Gasteiger partial charge on any atom is -0.455 e. The molecule has 0 radical (unpaired) electrons. The monoisotopic (exact) mass is 380 g/mol. The number of nitrogens with one attached hydrogen (secondary N) is 1. The third-order valence-corrected chi connectivity index (χ3v) is 4.82. The topological polar surface area (TPSA) is 75.7 Å². The van der Waals surface area contributed by atoms with Crippen LogP contribution in [0.15, 0.2) is 42.5 Å². The zero-order valence-corrected chi connectivity index (χ0v) is 16.3. The Morgan fingerprint density at radius 2 is 1.79 bits per heavy atom. The number of aryl methyl sites for hydroxylation is 3. The summed E-state index contributed by atoms with van der Waals surface area (Å²) >= 11 is 0. The lowest BCUT2D eigenvalue weighted by Gasteiger charge is -2.21. The number of nitrogens with zero attached hydrogens (tertiary/aromatic N) is 1. The highest BCUT2D eigenvalue weighted by atomic mass is 16.5. The van der Waals surface area contributed by atoms with Gasteiger partial charge in [0.2, 0.25) is 5.91 Å². The number of ether oxygens (including phenoxy) is 1. The predicted molar refractivity (Wildman–Crippen MR) is 107 cm³/mol. The van der Waals surface area contributed by atoms with Crippen molar-refractivity contribution in [3.8, 4) is 0 Å². The summed E-state index contributed by atoms with van der Waals surface area (Å²) < 4.78 is 5.15. The second-order valence-electron chi connectivity index (χ2n) is 7.17. The van der Waals surface area contributed by atoms with E-state index in [1.807, 2.05) is 57.2 Å². The lowest BCUT2D eigenvalue weighted by molar-refractivity contribution is -0.151. The minimum atomic E-state index is -0.571. The van der Waals surface area contributed by atoms with Crippen LogP contribution >= 0.6 is 0 Å². The van der Waals surface area contributed by atoms with E-state index >= 15 is 0 Å². The summed E-state index contributed by atoms with van der Waals surface area (Å²) in [6.07, 6.45) is 0.0894. The van der Waals surface area contributed by atoms with Crippen LogP contribution in [0.3, 0.4) is 0 Å². The molecule has 6 nitrogen and oxygen atoms in total. The number of para-hydroxylation sites is 1. The van der Waals surface area contributed by atoms with Crippen LogP contribution < -0.4 is 10.2 Å². The maximum absolute atomic E-state index is 12.4. The van der Waals surface area contributed by atoms with Gasteiger partial charge in [0.15, 0.2) is 6.61 Å². The van der Waals surface area contributed by atoms with E-state index in [4.69, 9.17) is 4.74 Å². The van der Waals surface area contributed by atoms with Crippen molar-refractivity contribution in [2.45, 2.75) is 27.2 Å². The smallest absolute Gasteiger partial charge is 0.311 e. The summed E-state index contributed by atoms with van der Waals surface area (Å²) in [6, 6.07) is 13.2. The van der Waals surface area contributed by atoms with Crippen LogP contribution in [0.25, 0.3) is 0 Å². The second-order valence-corrected chi connectivity index (χ2v) is 7.17. The third kappa shape index (κ3) is 4.39. The van der Waals surface area contributed by atoms with Crippen LogP contribution in [-0.2, 0) is 19.1 Å². The summed E-state index contributed by atoms with van der Waals surface area (Å²) in [5.74, 6) is -1.61. The lowest BCUT2D eigenvalue weighted by atomic mass is 10.1. The first-order chi connectivity index (χ1) is 13.3. The Morgan fingerprint density at radius 3 is 2.46 bits per heavy atom. The van der Waals surface area contributed by atoms with Gasteiger partial charge in [0.05, 0.1) is 5.92 Å².